The molecule has 0 saturated heterocycles. The summed E-state index contributed by atoms with van der Waals surface area (Å²) in [5.41, 5.74) is 0. The first-order valence-corrected chi connectivity index (χ1v) is 6.53. The monoisotopic (exact) mass is 326 g/mol. The second-order valence-electron chi connectivity index (χ2n) is 3.42. The molecule has 1 rings (SSSR count). The molecule has 0 amide bonds. The van der Waals surface area contributed by atoms with Gasteiger partial charge in [0.15, 0.2) is 0 Å². The molecule has 13 heavy (non-hydrogen) atoms. The third-order valence-electron chi connectivity index (χ3n) is 1.69. The summed E-state index contributed by atoms with van der Waals surface area (Å²) in [4.78, 5) is 1.02. The van der Waals surface area contributed by atoms with Crippen molar-refractivity contribution >= 4 is 43.2 Å². The van der Waals surface area contributed by atoms with Crippen LogP contribution in [0.3, 0.4) is 0 Å². The number of thiophene rings is 1. The number of aliphatic hydroxyl groups excluding tert-OH is 1. The molecule has 0 radical (unpaired) electrons. The summed E-state index contributed by atoms with van der Waals surface area (Å²) in [6, 6.07) is 1.97. The van der Waals surface area contributed by atoms with Gasteiger partial charge < -0.3 is 5.11 Å². The molecule has 1 atom stereocenters. The smallest absolute Gasteiger partial charge is 0.0885 e. The summed E-state index contributed by atoms with van der Waals surface area (Å²) >= 11 is 8.40. The first kappa shape index (κ1) is 11.7. The maximum atomic E-state index is 9.80. The summed E-state index contributed by atoms with van der Waals surface area (Å²) < 4.78 is 2.07. The third-order valence-corrected chi connectivity index (χ3v) is 5.04. The summed E-state index contributed by atoms with van der Waals surface area (Å²) in [7, 11) is 0. The lowest BCUT2D eigenvalue weighted by molar-refractivity contribution is 0.154. The molecule has 1 aromatic heterocycles. The lowest BCUT2D eigenvalue weighted by Gasteiger charge is -2.10. The molecule has 0 saturated carbocycles. The molecule has 0 aromatic carbocycles. The minimum atomic E-state index is -0.326. The minimum Gasteiger partial charge on any atom is -0.388 e. The topological polar surface area (TPSA) is 20.2 Å². The number of aliphatic hydroxyl groups is 1. The summed E-state index contributed by atoms with van der Waals surface area (Å²) in [6.45, 7) is 4.22. The standard InChI is InChI=1S/C9H12Br2OS/c1-5(2)3-7(12)8-4-6(10)9(11)13-8/h4-5,7,12H,3H2,1-2H3. The fourth-order valence-electron chi connectivity index (χ4n) is 1.09. The summed E-state index contributed by atoms with van der Waals surface area (Å²) in [5, 5.41) is 9.80. The maximum absolute atomic E-state index is 9.80. The Balaban J connectivity index is 2.71. The molecule has 4 heteroatoms. The molecule has 1 N–H and O–H groups in total. The Morgan fingerprint density at radius 1 is 1.46 bits per heavy atom. The highest BCUT2D eigenvalue weighted by Crippen LogP contribution is 2.37. The van der Waals surface area contributed by atoms with E-state index in [9.17, 15) is 5.11 Å². The van der Waals surface area contributed by atoms with Crippen LogP contribution in [0.15, 0.2) is 14.3 Å². The number of halogens is 2. The Labute approximate surface area is 99.4 Å². The summed E-state index contributed by atoms with van der Waals surface area (Å²) in [6.07, 6.45) is 0.493. The van der Waals surface area contributed by atoms with Crippen molar-refractivity contribution in [2.24, 2.45) is 5.92 Å². The van der Waals surface area contributed by atoms with Crippen molar-refractivity contribution in [3.63, 3.8) is 0 Å². The highest BCUT2D eigenvalue weighted by molar-refractivity contribution is 9.13. The molecule has 0 aliphatic carbocycles. The van der Waals surface area contributed by atoms with Crippen molar-refractivity contribution in [3.05, 3.63) is 19.2 Å². The van der Waals surface area contributed by atoms with Gasteiger partial charge in [-0.3, -0.25) is 0 Å². The van der Waals surface area contributed by atoms with E-state index in [0.29, 0.717) is 5.92 Å². The molecule has 1 heterocycles. The molecule has 0 aliphatic rings. The molecule has 1 unspecified atom stereocenters. The second kappa shape index (κ2) is 4.91. The lowest BCUT2D eigenvalue weighted by atomic mass is 10.1. The minimum absolute atomic E-state index is 0.326. The van der Waals surface area contributed by atoms with Crippen molar-refractivity contribution in [3.8, 4) is 0 Å². The van der Waals surface area contributed by atoms with Gasteiger partial charge in [0.25, 0.3) is 0 Å². The predicted octanol–water partition coefficient (Wildman–Crippen LogP) is 4.35. The Hall–Kier alpha value is 0.620. The molecular formula is C9H12Br2OS. The lowest BCUT2D eigenvalue weighted by Crippen LogP contribution is -1.99. The van der Waals surface area contributed by atoms with Crippen molar-refractivity contribution in [2.45, 2.75) is 26.4 Å². The quantitative estimate of drug-likeness (QED) is 0.874. The fourth-order valence-corrected chi connectivity index (χ4v) is 3.18. The predicted molar refractivity (Wildman–Crippen MR) is 64.1 cm³/mol. The molecule has 1 aromatic rings. The van der Waals surface area contributed by atoms with E-state index in [0.717, 1.165) is 19.6 Å². The van der Waals surface area contributed by atoms with Crippen molar-refractivity contribution in [2.75, 3.05) is 0 Å². The van der Waals surface area contributed by atoms with Gasteiger partial charge in [-0.05, 0) is 50.3 Å². The second-order valence-corrected chi connectivity index (χ2v) is 6.67. The largest absolute Gasteiger partial charge is 0.388 e. The molecule has 0 aliphatic heterocycles. The molecule has 0 spiro atoms. The van der Waals surface area contributed by atoms with E-state index >= 15 is 0 Å². The zero-order chi connectivity index (χ0) is 10.0. The SMILES string of the molecule is CC(C)CC(O)c1cc(Br)c(Br)s1. The van der Waals surface area contributed by atoms with Crippen molar-refractivity contribution in [1.29, 1.82) is 0 Å². The van der Waals surface area contributed by atoms with Gasteiger partial charge in [-0.2, -0.15) is 0 Å². The van der Waals surface area contributed by atoms with E-state index in [2.05, 4.69) is 45.7 Å². The first-order valence-electron chi connectivity index (χ1n) is 4.13. The zero-order valence-electron chi connectivity index (χ0n) is 7.55. The Kier molecular flexibility index (Phi) is 4.42. The van der Waals surface area contributed by atoms with Gasteiger partial charge in [0.05, 0.1) is 9.89 Å². The molecule has 74 valence electrons. The van der Waals surface area contributed by atoms with Crippen LogP contribution in [-0.4, -0.2) is 5.11 Å². The van der Waals surface area contributed by atoms with E-state index in [-0.39, 0.29) is 6.10 Å². The van der Waals surface area contributed by atoms with Gasteiger partial charge >= 0.3 is 0 Å². The first-order chi connectivity index (χ1) is 6.00. The Morgan fingerprint density at radius 2 is 2.08 bits per heavy atom. The van der Waals surface area contributed by atoms with Crippen molar-refractivity contribution in [1.82, 2.24) is 0 Å². The van der Waals surface area contributed by atoms with Gasteiger partial charge in [-0.1, -0.05) is 13.8 Å². The van der Waals surface area contributed by atoms with Crippen LogP contribution in [0.2, 0.25) is 0 Å². The van der Waals surface area contributed by atoms with Gasteiger partial charge in [-0.25, -0.2) is 0 Å². The average Bonchev–Trinajstić information content (AvgIpc) is 2.31. The van der Waals surface area contributed by atoms with Crippen LogP contribution in [0.5, 0.6) is 0 Å². The molecule has 1 nitrogen and oxygen atoms in total. The van der Waals surface area contributed by atoms with Crippen LogP contribution in [0, 0.1) is 5.92 Å². The van der Waals surface area contributed by atoms with Gasteiger partial charge in [0, 0.05) is 9.35 Å². The number of hydrogen-bond donors (Lipinski definition) is 1. The van der Waals surface area contributed by atoms with E-state index in [1.165, 1.54) is 0 Å². The normalized spacial score (nSPS) is 13.7. The van der Waals surface area contributed by atoms with Crippen LogP contribution in [0.1, 0.15) is 31.2 Å². The van der Waals surface area contributed by atoms with Crippen LogP contribution in [-0.2, 0) is 0 Å². The van der Waals surface area contributed by atoms with Crippen LogP contribution < -0.4 is 0 Å². The summed E-state index contributed by atoms with van der Waals surface area (Å²) in [5.74, 6) is 0.523. The maximum Gasteiger partial charge on any atom is 0.0885 e. The van der Waals surface area contributed by atoms with Crippen LogP contribution in [0.4, 0.5) is 0 Å². The van der Waals surface area contributed by atoms with Gasteiger partial charge in [-0.15, -0.1) is 11.3 Å². The fraction of sp³-hybridized carbons (Fsp3) is 0.556. The number of hydrogen-bond acceptors (Lipinski definition) is 2. The average molecular weight is 328 g/mol. The number of rotatable bonds is 3. The van der Waals surface area contributed by atoms with E-state index < -0.39 is 0 Å². The third kappa shape index (κ3) is 3.35. The van der Waals surface area contributed by atoms with Gasteiger partial charge in [0.1, 0.15) is 0 Å². The zero-order valence-corrected chi connectivity index (χ0v) is 11.5. The van der Waals surface area contributed by atoms with Crippen LogP contribution in [0.25, 0.3) is 0 Å². The van der Waals surface area contributed by atoms with Crippen molar-refractivity contribution < 1.29 is 5.11 Å². The van der Waals surface area contributed by atoms with E-state index in [1.54, 1.807) is 11.3 Å². The molecular weight excluding hydrogens is 316 g/mol. The highest BCUT2D eigenvalue weighted by Gasteiger charge is 2.13. The van der Waals surface area contributed by atoms with Gasteiger partial charge in [0.2, 0.25) is 0 Å². The highest BCUT2D eigenvalue weighted by atomic mass is 79.9. The Bertz CT molecular complexity index is 264. The van der Waals surface area contributed by atoms with E-state index in [1.807, 2.05) is 6.07 Å². The Morgan fingerprint density at radius 3 is 2.46 bits per heavy atom. The molecule has 0 bridgehead atoms. The van der Waals surface area contributed by atoms with Crippen LogP contribution >= 0.6 is 43.2 Å². The molecule has 0 fully saturated rings. The van der Waals surface area contributed by atoms with E-state index in [4.69, 9.17) is 0 Å².